The molecule has 0 bridgehead atoms. The van der Waals surface area contributed by atoms with Crippen LogP contribution in [0.2, 0.25) is 0 Å². The van der Waals surface area contributed by atoms with Gasteiger partial charge >= 0.3 is 11.9 Å². The highest BCUT2D eigenvalue weighted by atomic mass is 32.2. The van der Waals surface area contributed by atoms with E-state index in [1.807, 2.05) is 80.9 Å². The van der Waals surface area contributed by atoms with E-state index in [4.69, 9.17) is 9.47 Å². The van der Waals surface area contributed by atoms with Gasteiger partial charge in [0.05, 0.1) is 41.9 Å². The number of anilines is 2. The zero-order chi connectivity index (χ0) is 43.3. The van der Waals surface area contributed by atoms with Gasteiger partial charge in [0.2, 0.25) is 17.7 Å². The van der Waals surface area contributed by atoms with Gasteiger partial charge in [0.15, 0.2) is 0 Å². The molecule has 3 fully saturated rings. The van der Waals surface area contributed by atoms with Gasteiger partial charge < -0.3 is 29.5 Å². The summed E-state index contributed by atoms with van der Waals surface area (Å²) in [6.45, 7) is 17.4. The van der Waals surface area contributed by atoms with Crippen LogP contribution in [0.1, 0.15) is 103 Å². The molecule has 1 aliphatic carbocycles. The Morgan fingerprint density at radius 1 is 0.729 bits per heavy atom. The average molecular weight is 885 g/mol. The third-order valence-corrected chi connectivity index (χ3v) is 13.6. The second-order valence-electron chi connectivity index (χ2n) is 16.9. The molecule has 3 aliphatic rings. The van der Waals surface area contributed by atoms with Gasteiger partial charge in [-0.3, -0.25) is 14.4 Å². The summed E-state index contributed by atoms with van der Waals surface area (Å²) >= 11 is 6.19. The third kappa shape index (κ3) is 15.1. The van der Waals surface area contributed by atoms with E-state index in [1.165, 1.54) is 41.8 Å². The Kier molecular flexibility index (Phi) is 18.1. The fraction of sp³-hybridized carbons (Fsp3) is 0.614. The molecule has 0 atom stereocenters. The molecule has 11 nitrogen and oxygen atoms in total. The Morgan fingerprint density at radius 2 is 1.20 bits per heavy atom. The monoisotopic (exact) mass is 884 g/mol. The molecule has 2 aromatic heterocycles. The molecule has 59 heavy (non-hydrogen) atoms. The third-order valence-electron chi connectivity index (χ3n) is 9.68. The molecule has 15 heteroatoms. The lowest BCUT2D eigenvalue weighted by atomic mass is 9.82. The molecule has 0 unspecified atom stereocenters. The molecule has 2 aliphatic heterocycles. The second-order valence-corrected chi connectivity index (χ2v) is 21.4. The zero-order valence-electron chi connectivity index (χ0n) is 36.0. The second kappa shape index (κ2) is 22.3. The van der Waals surface area contributed by atoms with Crippen molar-refractivity contribution in [3.05, 3.63) is 31.6 Å². The van der Waals surface area contributed by atoms with Crippen molar-refractivity contribution in [2.24, 2.45) is 22.7 Å². The molecule has 2 aromatic rings. The number of hydrogen-bond acceptors (Lipinski definition) is 12. The molecule has 0 radical (unpaired) electrons. The molecule has 0 spiro atoms. The Balaban J connectivity index is 0.000000273. The minimum atomic E-state index is -0.513. The Hall–Kier alpha value is -3.63. The molecule has 0 aromatic carbocycles. The Labute approximate surface area is 367 Å². The molecule has 1 N–H and O–H groups in total. The summed E-state index contributed by atoms with van der Waals surface area (Å²) in [7, 11) is 2.68. The number of rotatable bonds is 9. The number of carbonyl (C=O) groups is 5. The summed E-state index contributed by atoms with van der Waals surface area (Å²) < 4.78 is 9.88. The van der Waals surface area contributed by atoms with E-state index in [2.05, 4.69) is 35.9 Å². The summed E-state index contributed by atoms with van der Waals surface area (Å²) in [5.74, 6) is 15.8. The summed E-state index contributed by atoms with van der Waals surface area (Å²) in [4.78, 5) is 71.4. The van der Waals surface area contributed by atoms with Gasteiger partial charge in [-0.15, -0.1) is 22.7 Å². The van der Waals surface area contributed by atoms with Crippen LogP contribution in [0, 0.1) is 46.3 Å². The molecule has 1 saturated carbocycles. The van der Waals surface area contributed by atoms with Crippen LogP contribution < -0.4 is 10.2 Å². The van der Waals surface area contributed by atoms with E-state index >= 15 is 0 Å². The van der Waals surface area contributed by atoms with Gasteiger partial charge in [-0.25, -0.2) is 9.59 Å². The average Bonchev–Trinajstić information content (AvgIpc) is 3.84. The minimum absolute atomic E-state index is 0.0460. The smallest absolute Gasteiger partial charge is 0.350 e. The largest absolute Gasteiger partial charge is 0.465 e. The molecule has 322 valence electrons. The summed E-state index contributed by atoms with van der Waals surface area (Å²) in [5.41, 5.74) is 0.727. The maximum atomic E-state index is 13.8. The summed E-state index contributed by atoms with van der Waals surface area (Å²) in [6.07, 6.45) is 3.60. The number of thioether (sulfide) groups is 2. The van der Waals surface area contributed by atoms with Crippen LogP contribution in [0.3, 0.4) is 0 Å². The highest BCUT2D eigenvalue weighted by Gasteiger charge is 2.34. The lowest BCUT2D eigenvalue weighted by molar-refractivity contribution is -0.132. The van der Waals surface area contributed by atoms with Crippen molar-refractivity contribution in [1.82, 2.24) is 9.80 Å². The van der Waals surface area contributed by atoms with Crippen LogP contribution in [0.15, 0.2) is 12.1 Å². The van der Waals surface area contributed by atoms with Crippen molar-refractivity contribution in [1.29, 1.82) is 0 Å². The number of methoxy groups -OCH3 is 2. The minimum Gasteiger partial charge on any atom is -0.465 e. The van der Waals surface area contributed by atoms with Crippen LogP contribution in [0.5, 0.6) is 0 Å². The van der Waals surface area contributed by atoms with Gasteiger partial charge in [-0.2, -0.15) is 23.5 Å². The number of hydrogen-bond donors (Lipinski definition) is 1. The quantitative estimate of drug-likeness (QED) is 0.199. The molecule has 4 heterocycles. The lowest BCUT2D eigenvalue weighted by Gasteiger charge is -2.33. The van der Waals surface area contributed by atoms with E-state index in [0.717, 1.165) is 66.7 Å². The van der Waals surface area contributed by atoms with Crippen molar-refractivity contribution < 1.29 is 33.4 Å². The van der Waals surface area contributed by atoms with E-state index in [0.29, 0.717) is 45.0 Å². The van der Waals surface area contributed by atoms with Crippen molar-refractivity contribution in [2.75, 3.05) is 86.7 Å². The summed E-state index contributed by atoms with van der Waals surface area (Å²) in [5, 5.41) is 3.09. The van der Waals surface area contributed by atoms with Gasteiger partial charge in [0.1, 0.15) is 16.3 Å². The van der Waals surface area contributed by atoms with Gasteiger partial charge in [-0.1, -0.05) is 30.6 Å². The fourth-order valence-corrected chi connectivity index (χ4v) is 10.0. The highest BCUT2D eigenvalue weighted by molar-refractivity contribution is 7.99. The van der Waals surface area contributed by atoms with Crippen molar-refractivity contribution in [3.63, 3.8) is 0 Å². The SMILES string of the molecule is COC(=O)c1sc(C#CC(C)(C)C)cc1N(CC(=O)N1CCSCC1)C(=O)C1CCC(C)CC1.COC(=O)c1sc(C#CC(C)(C)C)cc1NCC(=O)N1CCSCC1. The first-order valence-electron chi connectivity index (χ1n) is 20.2. The molecule has 3 amide bonds. The van der Waals surface area contributed by atoms with Crippen LogP contribution in [0.4, 0.5) is 11.4 Å². The number of nitrogens with zero attached hydrogens (tertiary/aromatic N) is 3. The fourth-order valence-electron chi connectivity index (χ4n) is 6.36. The predicted molar refractivity (Wildman–Crippen MR) is 244 cm³/mol. The first-order chi connectivity index (χ1) is 27.9. The first kappa shape index (κ1) is 48.0. The van der Waals surface area contributed by atoms with E-state index in [-0.39, 0.29) is 47.6 Å². The van der Waals surface area contributed by atoms with Crippen LogP contribution in [-0.2, 0) is 23.9 Å². The first-order valence-corrected chi connectivity index (χ1v) is 24.1. The maximum Gasteiger partial charge on any atom is 0.350 e. The topological polar surface area (TPSA) is 126 Å². The number of carbonyl (C=O) groups excluding carboxylic acids is 5. The van der Waals surface area contributed by atoms with Crippen molar-refractivity contribution in [3.8, 4) is 23.7 Å². The van der Waals surface area contributed by atoms with Crippen LogP contribution >= 0.6 is 46.2 Å². The van der Waals surface area contributed by atoms with E-state index < -0.39 is 11.9 Å². The van der Waals surface area contributed by atoms with Gasteiger partial charge in [0.25, 0.3) is 0 Å². The molecule has 2 saturated heterocycles. The zero-order valence-corrected chi connectivity index (χ0v) is 39.3. The summed E-state index contributed by atoms with van der Waals surface area (Å²) in [6, 6.07) is 3.59. The number of esters is 2. The number of ether oxygens (including phenoxy) is 2. The molecular weight excluding hydrogens is 825 g/mol. The van der Waals surface area contributed by atoms with E-state index in [9.17, 15) is 24.0 Å². The molecular formula is C44H60N4O7S4. The van der Waals surface area contributed by atoms with Crippen molar-refractivity contribution >= 4 is 87.2 Å². The Bertz CT molecular complexity index is 1920. The standard InChI is InChI=1S/C26H36N2O4S2.C18H24N2O3S2/c1-18-6-8-19(9-7-18)24(30)28(17-22(29)27-12-14-33-15-13-27)21-16-20(10-11-26(2,3)4)34-23(21)25(31)32-5;1-18(2,3)6-5-13-11-14(16(25-13)17(22)23-4)19-12-15(21)20-7-9-24-10-8-20/h16,18-19H,6-9,12-15,17H2,1-5H3;11,19H,7-10,12H2,1-4H3. The van der Waals surface area contributed by atoms with Gasteiger partial charge in [0, 0.05) is 65.9 Å². The highest BCUT2D eigenvalue weighted by Crippen LogP contribution is 2.36. The number of amides is 3. The number of nitrogens with one attached hydrogen (secondary N) is 1. The van der Waals surface area contributed by atoms with Crippen LogP contribution in [0.25, 0.3) is 0 Å². The Morgan fingerprint density at radius 3 is 1.71 bits per heavy atom. The van der Waals surface area contributed by atoms with Crippen molar-refractivity contribution in [2.45, 2.75) is 74.1 Å². The predicted octanol–water partition coefficient (Wildman–Crippen LogP) is 7.59. The van der Waals surface area contributed by atoms with Gasteiger partial charge in [-0.05, 0) is 85.3 Å². The van der Waals surface area contributed by atoms with Crippen LogP contribution in [-0.4, -0.2) is 116 Å². The normalized spacial score (nSPS) is 18.1. The van der Waals surface area contributed by atoms with E-state index in [1.54, 1.807) is 6.07 Å². The maximum absolute atomic E-state index is 13.8. The number of thiophene rings is 2. The lowest BCUT2D eigenvalue weighted by Crippen LogP contribution is -2.48. The molecule has 5 rings (SSSR count).